The molecule has 0 saturated carbocycles. The minimum atomic E-state index is -1.14. The van der Waals surface area contributed by atoms with Gasteiger partial charge >= 0.3 is 7.12 Å². The van der Waals surface area contributed by atoms with E-state index in [1.165, 1.54) is 0 Å². The first-order valence-electron chi connectivity index (χ1n) is 8.00. The molecule has 0 spiro atoms. The van der Waals surface area contributed by atoms with Crippen molar-refractivity contribution in [1.82, 2.24) is 4.31 Å². The predicted octanol–water partition coefficient (Wildman–Crippen LogP) is 1.34. The smallest absolute Gasteiger partial charge is 0.494 e. The number of ether oxygens (including phenoxy) is 1. The van der Waals surface area contributed by atoms with Gasteiger partial charge in [-0.05, 0) is 45.3 Å². The number of rotatable bonds is 3. The van der Waals surface area contributed by atoms with Gasteiger partial charge in [0.25, 0.3) is 0 Å². The van der Waals surface area contributed by atoms with Crippen molar-refractivity contribution in [1.29, 1.82) is 0 Å². The SMILES string of the molecule is CC1(C)OB(c2ccc([S+]([O-])N3CCOCC3)cc2)OC1(C)C. The molecule has 0 bridgehead atoms. The second-order valence-corrected chi connectivity index (χ2v) is 8.43. The van der Waals surface area contributed by atoms with E-state index in [2.05, 4.69) is 0 Å². The summed E-state index contributed by atoms with van der Waals surface area (Å²) in [5.74, 6) is 0. The normalized spacial score (nSPS) is 25.5. The molecule has 1 atom stereocenters. The molecule has 0 aromatic heterocycles. The molecule has 2 saturated heterocycles. The monoisotopic (exact) mass is 337 g/mol. The summed E-state index contributed by atoms with van der Waals surface area (Å²) < 4.78 is 31.9. The van der Waals surface area contributed by atoms with Gasteiger partial charge in [-0.3, -0.25) is 0 Å². The van der Waals surface area contributed by atoms with Crippen LogP contribution in [0.4, 0.5) is 0 Å². The molecule has 0 N–H and O–H groups in total. The lowest BCUT2D eigenvalue weighted by Gasteiger charge is -2.32. The summed E-state index contributed by atoms with van der Waals surface area (Å²) in [6.07, 6.45) is 0. The van der Waals surface area contributed by atoms with Crippen LogP contribution in [0.3, 0.4) is 0 Å². The number of hydrogen-bond donors (Lipinski definition) is 0. The third-order valence-electron chi connectivity index (χ3n) is 4.81. The van der Waals surface area contributed by atoms with Crippen LogP contribution in [0.1, 0.15) is 27.7 Å². The Morgan fingerprint density at radius 1 is 1.00 bits per heavy atom. The lowest BCUT2D eigenvalue weighted by atomic mass is 9.79. The van der Waals surface area contributed by atoms with E-state index in [9.17, 15) is 4.55 Å². The van der Waals surface area contributed by atoms with E-state index in [0.29, 0.717) is 26.3 Å². The van der Waals surface area contributed by atoms with E-state index in [-0.39, 0.29) is 18.3 Å². The number of hydrogen-bond acceptors (Lipinski definition) is 5. The van der Waals surface area contributed by atoms with Crippen LogP contribution >= 0.6 is 0 Å². The van der Waals surface area contributed by atoms with Crippen molar-refractivity contribution in [3.05, 3.63) is 24.3 Å². The zero-order valence-electron chi connectivity index (χ0n) is 14.2. The third kappa shape index (κ3) is 3.45. The highest BCUT2D eigenvalue weighted by atomic mass is 32.2. The lowest BCUT2D eigenvalue weighted by Crippen LogP contribution is -2.41. The molecule has 1 aromatic carbocycles. The molecule has 5 nitrogen and oxygen atoms in total. The van der Waals surface area contributed by atoms with Crippen molar-refractivity contribution in [3.63, 3.8) is 0 Å². The molecule has 7 heteroatoms. The zero-order valence-corrected chi connectivity index (χ0v) is 15.0. The molecule has 2 fully saturated rings. The van der Waals surface area contributed by atoms with E-state index in [1.807, 2.05) is 56.3 Å². The highest BCUT2D eigenvalue weighted by Crippen LogP contribution is 2.36. The fourth-order valence-electron chi connectivity index (χ4n) is 2.58. The van der Waals surface area contributed by atoms with E-state index in [1.54, 1.807) is 0 Å². The maximum atomic E-state index is 12.6. The van der Waals surface area contributed by atoms with Gasteiger partial charge in [-0.1, -0.05) is 12.1 Å². The van der Waals surface area contributed by atoms with Gasteiger partial charge < -0.3 is 18.6 Å². The molecule has 3 rings (SSSR count). The lowest BCUT2D eigenvalue weighted by molar-refractivity contribution is 0.00578. The fraction of sp³-hybridized carbons (Fsp3) is 0.625. The summed E-state index contributed by atoms with van der Waals surface area (Å²) in [5, 5.41) is 0. The Morgan fingerprint density at radius 3 is 2.04 bits per heavy atom. The largest absolute Gasteiger partial charge is 0.593 e. The highest BCUT2D eigenvalue weighted by Gasteiger charge is 2.51. The maximum absolute atomic E-state index is 12.6. The van der Waals surface area contributed by atoms with E-state index < -0.39 is 11.4 Å². The van der Waals surface area contributed by atoms with Gasteiger partial charge in [0.05, 0.1) is 48.9 Å². The van der Waals surface area contributed by atoms with Gasteiger partial charge in [-0.2, -0.15) is 0 Å². The van der Waals surface area contributed by atoms with Crippen molar-refractivity contribution >= 4 is 23.9 Å². The average Bonchev–Trinajstić information content (AvgIpc) is 2.76. The summed E-state index contributed by atoms with van der Waals surface area (Å²) >= 11 is -1.14. The van der Waals surface area contributed by atoms with Gasteiger partial charge in [-0.25, -0.2) is 0 Å². The summed E-state index contributed by atoms with van der Waals surface area (Å²) in [5.41, 5.74) is 0.242. The standard InChI is InChI=1S/C16H24BNO4S/c1-15(2)16(3,4)22-17(21-15)13-5-7-14(8-6-13)23(19)18-9-11-20-12-10-18/h5-8H,9-12H2,1-4H3. The Kier molecular flexibility index (Phi) is 4.79. The Morgan fingerprint density at radius 2 is 1.52 bits per heavy atom. The summed E-state index contributed by atoms with van der Waals surface area (Å²) in [7, 11) is -0.383. The van der Waals surface area contributed by atoms with Crippen molar-refractivity contribution < 1.29 is 18.6 Å². The quantitative estimate of drug-likeness (QED) is 0.615. The second-order valence-electron chi connectivity index (χ2n) is 6.95. The molecule has 0 aliphatic carbocycles. The maximum Gasteiger partial charge on any atom is 0.494 e. The van der Waals surface area contributed by atoms with Crippen LogP contribution in [0.15, 0.2) is 29.2 Å². The topological polar surface area (TPSA) is 54.0 Å². The van der Waals surface area contributed by atoms with Gasteiger partial charge in [0.15, 0.2) is 4.90 Å². The van der Waals surface area contributed by atoms with Crippen molar-refractivity contribution in [2.75, 3.05) is 26.3 Å². The van der Waals surface area contributed by atoms with E-state index in [4.69, 9.17) is 14.0 Å². The first-order valence-corrected chi connectivity index (χ1v) is 9.11. The fourth-order valence-corrected chi connectivity index (χ4v) is 3.73. The Hall–Kier alpha value is -0.565. The zero-order chi connectivity index (χ0) is 16.7. The molecule has 126 valence electrons. The average molecular weight is 337 g/mol. The molecule has 0 radical (unpaired) electrons. The Labute approximate surface area is 141 Å². The van der Waals surface area contributed by atoms with Gasteiger partial charge in [0.2, 0.25) is 0 Å². The second kappa shape index (κ2) is 6.39. The Bertz CT molecular complexity index is 530. The predicted molar refractivity (Wildman–Crippen MR) is 91.0 cm³/mol. The summed E-state index contributed by atoms with van der Waals surface area (Å²) in [6.45, 7) is 10.8. The van der Waals surface area contributed by atoms with E-state index in [0.717, 1.165) is 10.4 Å². The number of morpholine rings is 1. The molecule has 2 aliphatic heterocycles. The Balaban J connectivity index is 1.70. The molecule has 2 heterocycles. The van der Waals surface area contributed by atoms with Crippen LogP contribution in [-0.2, 0) is 25.4 Å². The van der Waals surface area contributed by atoms with Gasteiger partial charge in [0, 0.05) is 0 Å². The van der Waals surface area contributed by atoms with Crippen LogP contribution < -0.4 is 5.46 Å². The van der Waals surface area contributed by atoms with Crippen LogP contribution in [0.2, 0.25) is 0 Å². The summed E-state index contributed by atoms with van der Waals surface area (Å²) in [4.78, 5) is 0.798. The van der Waals surface area contributed by atoms with Gasteiger partial charge in [0.1, 0.15) is 0 Å². The van der Waals surface area contributed by atoms with Crippen molar-refractivity contribution in [2.24, 2.45) is 0 Å². The summed E-state index contributed by atoms with van der Waals surface area (Å²) in [6, 6.07) is 7.67. The molecule has 1 unspecified atom stereocenters. The van der Waals surface area contributed by atoms with Crippen molar-refractivity contribution in [3.8, 4) is 0 Å². The first-order chi connectivity index (χ1) is 10.8. The van der Waals surface area contributed by atoms with Gasteiger partial charge in [-0.15, -0.1) is 4.31 Å². The molecular weight excluding hydrogens is 313 g/mol. The number of nitrogens with zero attached hydrogens (tertiary/aromatic N) is 1. The van der Waals surface area contributed by atoms with Crippen LogP contribution in [0, 0.1) is 0 Å². The van der Waals surface area contributed by atoms with Crippen LogP contribution in [0.25, 0.3) is 0 Å². The van der Waals surface area contributed by atoms with Crippen molar-refractivity contribution in [2.45, 2.75) is 43.8 Å². The molecule has 1 aromatic rings. The number of benzene rings is 1. The molecule has 2 aliphatic rings. The highest BCUT2D eigenvalue weighted by molar-refractivity contribution is 7.89. The molecular formula is C16H24BNO4S. The minimum absolute atomic E-state index is 0.354. The molecule has 23 heavy (non-hydrogen) atoms. The first kappa shape index (κ1) is 17.3. The van der Waals surface area contributed by atoms with Crippen LogP contribution in [-0.4, -0.2) is 53.5 Å². The molecule has 0 amide bonds. The minimum Gasteiger partial charge on any atom is -0.593 e. The van der Waals surface area contributed by atoms with Crippen LogP contribution in [0.5, 0.6) is 0 Å². The third-order valence-corrected chi connectivity index (χ3v) is 6.32. The van der Waals surface area contributed by atoms with E-state index >= 15 is 0 Å².